The van der Waals surface area contributed by atoms with Gasteiger partial charge in [-0.1, -0.05) is 18.2 Å². The van der Waals surface area contributed by atoms with Crippen LogP contribution in [0, 0.1) is 6.92 Å². The molecule has 0 atom stereocenters. The summed E-state index contributed by atoms with van der Waals surface area (Å²) in [5, 5.41) is 11.7. The normalized spacial score (nSPS) is 10.4. The van der Waals surface area contributed by atoms with Gasteiger partial charge in [0, 0.05) is 0 Å². The van der Waals surface area contributed by atoms with Gasteiger partial charge in [0.25, 0.3) is 0 Å². The molecule has 16 heavy (non-hydrogen) atoms. The van der Waals surface area contributed by atoms with Crippen molar-refractivity contribution in [2.75, 3.05) is 14.2 Å². The molecule has 0 bridgehead atoms. The van der Waals surface area contributed by atoms with E-state index < -0.39 is 0 Å². The van der Waals surface area contributed by atoms with Gasteiger partial charge in [-0.15, -0.1) is 0 Å². The van der Waals surface area contributed by atoms with E-state index in [4.69, 9.17) is 9.47 Å². The van der Waals surface area contributed by atoms with Crippen LogP contribution in [0.5, 0.6) is 17.2 Å². The summed E-state index contributed by atoms with van der Waals surface area (Å²) in [4.78, 5) is 0. The van der Waals surface area contributed by atoms with Gasteiger partial charge < -0.3 is 14.6 Å². The quantitative estimate of drug-likeness (QED) is 0.842. The Morgan fingerprint density at radius 1 is 1.00 bits per heavy atom. The van der Waals surface area contributed by atoms with E-state index in [1.807, 2.05) is 31.2 Å². The van der Waals surface area contributed by atoms with Gasteiger partial charge in [0.2, 0.25) is 0 Å². The lowest BCUT2D eigenvalue weighted by atomic mass is 10.0. The van der Waals surface area contributed by atoms with Gasteiger partial charge in [0.15, 0.2) is 11.5 Å². The summed E-state index contributed by atoms with van der Waals surface area (Å²) in [5.74, 6) is 1.44. The first kappa shape index (κ1) is 10.6. The summed E-state index contributed by atoms with van der Waals surface area (Å²) >= 11 is 0. The standard InChI is InChI=1S/C13H14O3/c1-8-4-5-9-6-7-10(15-2)13(16-3)11(9)12(8)14/h4-7,14H,1-3H3. The molecule has 1 N–H and O–H groups in total. The fourth-order valence-corrected chi connectivity index (χ4v) is 1.82. The number of rotatable bonds is 2. The lowest BCUT2D eigenvalue weighted by Crippen LogP contribution is -1.92. The summed E-state index contributed by atoms with van der Waals surface area (Å²) in [6.07, 6.45) is 0. The zero-order chi connectivity index (χ0) is 11.7. The van der Waals surface area contributed by atoms with Crippen molar-refractivity contribution >= 4 is 10.8 Å². The smallest absolute Gasteiger partial charge is 0.172 e. The van der Waals surface area contributed by atoms with Crippen LogP contribution in [0.25, 0.3) is 10.8 Å². The molecule has 2 rings (SSSR count). The molecule has 0 aromatic heterocycles. The van der Waals surface area contributed by atoms with Crippen LogP contribution < -0.4 is 9.47 Å². The van der Waals surface area contributed by atoms with E-state index in [1.54, 1.807) is 14.2 Å². The van der Waals surface area contributed by atoms with E-state index in [0.717, 1.165) is 10.9 Å². The van der Waals surface area contributed by atoms with E-state index in [9.17, 15) is 5.11 Å². The summed E-state index contributed by atoms with van der Waals surface area (Å²) in [5.41, 5.74) is 0.819. The van der Waals surface area contributed by atoms with Crippen molar-refractivity contribution in [3.05, 3.63) is 29.8 Å². The minimum atomic E-state index is 0.244. The third kappa shape index (κ3) is 1.45. The Hall–Kier alpha value is -1.90. The number of aryl methyl sites for hydroxylation is 1. The first-order chi connectivity index (χ1) is 7.69. The topological polar surface area (TPSA) is 38.7 Å². The molecule has 0 aliphatic carbocycles. The molecule has 0 unspecified atom stereocenters. The van der Waals surface area contributed by atoms with Crippen molar-refractivity contribution in [3.63, 3.8) is 0 Å². The van der Waals surface area contributed by atoms with Crippen molar-refractivity contribution in [3.8, 4) is 17.2 Å². The SMILES string of the molecule is COc1ccc2ccc(C)c(O)c2c1OC. The molecule has 0 saturated carbocycles. The molecule has 0 amide bonds. The molecule has 0 radical (unpaired) electrons. The molecule has 2 aromatic carbocycles. The minimum absolute atomic E-state index is 0.244. The second-order valence-corrected chi connectivity index (χ2v) is 3.63. The van der Waals surface area contributed by atoms with E-state index in [-0.39, 0.29) is 5.75 Å². The highest BCUT2D eigenvalue weighted by molar-refractivity contribution is 5.96. The molecule has 0 spiro atoms. The van der Waals surface area contributed by atoms with Crippen molar-refractivity contribution in [1.29, 1.82) is 0 Å². The average Bonchev–Trinajstić information content (AvgIpc) is 2.32. The Kier molecular flexibility index (Phi) is 2.60. The molecule has 3 heteroatoms. The number of phenolic OH excluding ortho intramolecular Hbond substituents is 1. The van der Waals surface area contributed by atoms with Crippen molar-refractivity contribution < 1.29 is 14.6 Å². The Labute approximate surface area is 94.2 Å². The number of benzene rings is 2. The number of methoxy groups -OCH3 is 2. The molecule has 0 fully saturated rings. The maximum Gasteiger partial charge on any atom is 0.172 e. The van der Waals surface area contributed by atoms with Crippen LogP contribution in [-0.4, -0.2) is 19.3 Å². The zero-order valence-electron chi connectivity index (χ0n) is 9.57. The molecular weight excluding hydrogens is 204 g/mol. The lowest BCUT2D eigenvalue weighted by Gasteiger charge is -2.12. The minimum Gasteiger partial charge on any atom is -0.507 e. The predicted octanol–water partition coefficient (Wildman–Crippen LogP) is 2.87. The van der Waals surface area contributed by atoms with E-state index in [2.05, 4.69) is 0 Å². The number of phenols is 1. The molecule has 0 aliphatic rings. The molecule has 84 valence electrons. The molecule has 0 heterocycles. The van der Waals surface area contributed by atoms with Crippen LogP contribution in [0.3, 0.4) is 0 Å². The highest BCUT2D eigenvalue weighted by atomic mass is 16.5. The summed E-state index contributed by atoms with van der Waals surface area (Å²) in [7, 11) is 3.15. The summed E-state index contributed by atoms with van der Waals surface area (Å²) in [6.45, 7) is 1.85. The van der Waals surface area contributed by atoms with Gasteiger partial charge in [-0.05, 0) is 23.9 Å². The van der Waals surface area contributed by atoms with Gasteiger partial charge in [-0.25, -0.2) is 0 Å². The van der Waals surface area contributed by atoms with Crippen LogP contribution in [0.2, 0.25) is 0 Å². The maximum atomic E-state index is 10.1. The largest absolute Gasteiger partial charge is 0.507 e. The van der Waals surface area contributed by atoms with Crippen LogP contribution in [0.15, 0.2) is 24.3 Å². The van der Waals surface area contributed by atoms with Gasteiger partial charge in [-0.2, -0.15) is 0 Å². The molecule has 2 aromatic rings. The highest BCUT2D eigenvalue weighted by Gasteiger charge is 2.13. The van der Waals surface area contributed by atoms with Crippen LogP contribution in [-0.2, 0) is 0 Å². The van der Waals surface area contributed by atoms with Crippen LogP contribution in [0.1, 0.15) is 5.56 Å². The number of hydrogen-bond acceptors (Lipinski definition) is 3. The molecule has 0 saturated heterocycles. The third-order valence-electron chi connectivity index (χ3n) is 2.70. The third-order valence-corrected chi connectivity index (χ3v) is 2.70. The van der Waals surface area contributed by atoms with Crippen molar-refractivity contribution in [2.45, 2.75) is 6.92 Å². The number of fused-ring (bicyclic) bond motifs is 1. The van der Waals surface area contributed by atoms with Gasteiger partial charge in [0.05, 0.1) is 19.6 Å². The van der Waals surface area contributed by atoms with Gasteiger partial charge >= 0.3 is 0 Å². The van der Waals surface area contributed by atoms with Gasteiger partial charge in [0.1, 0.15) is 5.75 Å². The van der Waals surface area contributed by atoms with Crippen LogP contribution in [0.4, 0.5) is 0 Å². The number of ether oxygens (including phenoxy) is 2. The van der Waals surface area contributed by atoms with E-state index >= 15 is 0 Å². The Morgan fingerprint density at radius 2 is 1.69 bits per heavy atom. The molecular formula is C13H14O3. The summed E-state index contributed by atoms with van der Waals surface area (Å²) in [6, 6.07) is 7.56. The number of hydrogen-bond donors (Lipinski definition) is 1. The van der Waals surface area contributed by atoms with Crippen LogP contribution >= 0.6 is 0 Å². The monoisotopic (exact) mass is 218 g/mol. The van der Waals surface area contributed by atoms with Crippen molar-refractivity contribution in [2.24, 2.45) is 0 Å². The van der Waals surface area contributed by atoms with E-state index in [0.29, 0.717) is 16.9 Å². The van der Waals surface area contributed by atoms with Gasteiger partial charge in [-0.3, -0.25) is 0 Å². The maximum absolute atomic E-state index is 10.1. The predicted molar refractivity (Wildman–Crippen MR) is 63.5 cm³/mol. The Bertz CT molecular complexity index is 532. The van der Waals surface area contributed by atoms with E-state index in [1.165, 1.54) is 0 Å². The fraction of sp³-hybridized carbons (Fsp3) is 0.231. The second-order valence-electron chi connectivity index (χ2n) is 3.63. The number of aromatic hydroxyl groups is 1. The zero-order valence-corrected chi connectivity index (χ0v) is 9.57. The lowest BCUT2D eigenvalue weighted by molar-refractivity contribution is 0.357. The van der Waals surface area contributed by atoms with Crippen molar-refractivity contribution in [1.82, 2.24) is 0 Å². The average molecular weight is 218 g/mol. The highest BCUT2D eigenvalue weighted by Crippen LogP contribution is 2.41. The second kappa shape index (κ2) is 3.93. The first-order valence-electron chi connectivity index (χ1n) is 5.02. The first-order valence-corrected chi connectivity index (χ1v) is 5.02. The fourth-order valence-electron chi connectivity index (χ4n) is 1.82. The summed E-state index contributed by atoms with van der Waals surface area (Å²) < 4.78 is 10.5. The Balaban J connectivity index is 2.89. The molecule has 0 aliphatic heterocycles. The Morgan fingerprint density at radius 3 is 2.31 bits per heavy atom. The molecule has 3 nitrogen and oxygen atoms in total.